The highest BCUT2D eigenvalue weighted by Gasteiger charge is 2.14. The van der Waals surface area contributed by atoms with Crippen molar-refractivity contribution in [3.8, 4) is 5.75 Å². The number of nitrogens with zero attached hydrogens (tertiary/aromatic N) is 1. The van der Waals surface area contributed by atoms with E-state index in [2.05, 4.69) is 11.5 Å². The summed E-state index contributed by atoms with van der Waals surface area (Å²) in [5, 5.41) is 10.2. The number of methoxy groups -OCH3 is 1. The van der Waals surface area contributed by atoms with Gasteiger partial charge in [-0.1, -0.05) is 18.2 Å². The van der Waals surface area contributed by atoms with Gasteiger partial charge in [0.25, 0.3) is 0 Å². The van der Waals surface area contributed by atoms with Gasteiger partial charge >= 0.3 is 0 Å². The van der Waals surface area contributed by atoms with E-state index in [0.29, 0.717) is 26.2 Å². The van der Waals surface area contributed by atoms with Crippen LogP contribution >= 0.6 is 0 Å². The number of aliphatic hydroxyl groups excluding tert-OH is 1. The maximum Gasteiger partial charge on any atom is 0.118 e. The molecular formula is C19H25NO4. The highest BCUT2D eigenvalue weighted by atomic mass is 16.5. The summed E-state index contributed by atoms with van der Waals surface area (Å²) in [5.74, 6) is 1.69. The molecule has 0 amide bonds. The van der Waals surface area contributed by atoms with Crippen molar-refractivity contribution in [1.29, 1.82) is 0 Å². The van der Waals surface area contributed by atoms with Crippen LogP contribution in [0.4, 0.5) is 0 Å². The van der Waals surface area contributed by atoms with Gasteiger partial charge in [-0.15, -0.1) is 6.58 Å². The van der Waals surface area contributed by atoms with Crippen molar-refractivity contribution in [2.24, 2.45) is 0 Å². The standard InChI is InChI=1S/C19H25NO4/c1-3-10-23-15-17(21)13-20(14-19-5-4-11-24-19)12-16-6-8-18(22-2)9-7-16/h3-9,11,17,21H,1,10,12-15H2,2H3/t17-/m0/s1. The quantitative estimate of drug-likeness (QED) is 0.507. The lowest BCUT2D eigenvalue weighted by molar-refractivity contribution is 0.0216. The van der Waals surface area contributed by atoms with E-state index in [1.165, 1.54) is 0 Å². The van der Waals surface area contributed by atoms with Crippen LogP contribution in [0.5, 0.6) is 5.75 Å². The third-order valence-electron chi connectivity index (χ3n) is 3.54. The summed E-state index contributed by atoms with van der Waals surface area (Å²) in [6.07, 6.45) is 2.76. The summed E-state index contributed by atoms with van der Waals surface area (Å²) in [7, 11) is 1.65. The van der Waals surface area contributed by atoms with E-state index in [-0.39, 0.29) is 6.61 Å². The third kappa shape index (κ3) is 6.20. The average Bonchev–Trinajstić information content (AvgIpc) is 3.08. The zero-order valence-electron chi connectivity index (χ0n) is 14.1. The molecule has 0 fully saturated rings. The Kier molecular flexibility index (Phi) is 7.55. The van der Waals surface area contributed by atoms with Crippen molar-refractivity contribution in [2.75, 3.05) is 26.9 Å². The number of rotatable bonds is 11. The van der Waals surface area contributed by atoms with Crippen molar-refractivity contribution in [3.63, 3.8) is 0 Å². The van der Waals surface area contributed by atoms with Crippen molar-refractivity contribution >= 4 is 0 Å². The number of hydrogen-bond donors (Lipinski definition) is 1. The topological polar surface area (TPSA) is 55.1 Å². The van der Waals surface area contributed by atoms with Crippen molar-refractivity contribution in [2.45, 2.75) is 19.2 Å². The van der Waals surface area contributed by atoms with E-state index in [1.807, 2.05) is 36.4 Å². The molecule has 130 valence electrons. The van der Waals surface area contributed by atoms with Crippen molar-refractivity contribution in [1.82, 2.24) is 4.90 Å². The molecule has 2 aromatic rings. The van der Waals surface area contributed by atoms with E-state index in [1.54, 1.807) is 19.4 Å². The monoisotopic (exact) mass is 331 g/mol. The first kappa shape index (κ1) is 18.3. The van der Waals surface area contributed by atoms with Gasteiger partial charge in [0.2, 0.25) is 0 Å². The maximum atomic E-state index is 10.2. The highest BCUT2D eigenvalue weighted by molar-refractivity contribution is 5.27. The molecule has 5 nitrogen and oxygen atoms in total. The minimum Gasteiger partial charge on any atom is -0.497 e. The summed E-state index contributed by atoms with van der Waals surface area (Å²) in [6, 6.07) is 11.7. The SMILES string of the molecule is C=CCOC[C@@H](O)CN(Cc1ccc(OC)cc1)Cc1ccco1. The number of furan rings is 1. The molecule has 1 N–H and O–H groups in total. The molecule has 0 aliphatic carbocycles. The van der Waals surface area contributed by atoms with Crippen LogP contribution in [0.25, 0.3) is 0 Å². The first-order valence-corrected chi connectivity index (χ1v) is 7.95. The fraction of sp³-hybridized carbons (Fsp3) is 0.368. The maximum absolute atomic E-state index is 10.2. The summed E-state index contributed by atoms with van der Waals surface area (Å²) < 4.78 is 15.9. The predicted octanol–water partition coefficient (Wildman–Crippen LogP) is 2.85. The second kappa shape index (κ2) is 9.93. The van der Waals surface area contributed by atoms with Crippen LogP contribution in [-0.4, -0.2) is 43.0 Å². The van der Waals surface area contributed by atoms with Crippen LogP contribution in [0, 0.1) is 0 Å². The Balaban J connectivity index is 1.96. The zero-order chi connectivity index (χ0) is 17.2. The summed E-state index contributed by atoms with van der Waals surface area (Å²) >= 11 is 0. The Bertz CT molecular complexity index is 580. The molecule has 1 atom stereocenters. The summed E-state index contributed by atoms with van der Waals surface area (Å²) in [4.78, 5) is 2.13. The molecule has 24 heavy (non-hydrogen) atoms. The molecule has 0 bridgehead atoms. The van der Waals surface area contributed by atoms with Gasteiger partial charge in [0.05, 0.1) is 39.2 Å². The number of aliphatic hydroxyl groups is 1. The van der Waals surface area contributed by atoms with Gasteiger partial charge in [-0.3, -0.25) is 4.90 Å². The summed E-state index contributed by atoms with van der Waals surface area (Å²) in [6.45, 7) is 6.13. The Hall–Kier alpha value is -2.08. The summed E-state index contributed by atoms with van der Waals surface area (Å²) in [5.41, 5.74) is 1.14. The van der Waals surface area contributed by atoms with Crippen LogP contribution in [0.1, 0.15) is 11.3 Å². The molecule has 5 heteroatoms. The molecule has 1 aromatic carbocycles. The predicted molar refractivity (Wildman–Crippen MR) is 92.8 cm³/mol. The molecule has 0 saturated heterocycles. The molecule has 2 rings (SSSR count). The number of benzene rings is 1. The molecule has 0 spiro atoms. The molecular weight excluding hydrogens is 306 g/mol. The lowest BCUT2D eigenvalue weighted by Crippen LogP contribution is -2.34. The molecule has 0 saturated carbocycles. The molecule has 1 aromatic heterocycles. The van der Waals surface area contributed by atoms with Gasteiger partial charge in [-0.25, -0.2) is 0 Å². The second-order valence-electron chi connectivity index (χ2n) is 5.58. The van der Waals surface area contributed by atoms with Gasteiger partial charge in [-0.05, 0) is 29.8 Å². The van der Waals surface area contributed by atoms with Gasteiger partial charge in [-0.2, -0.15) is 0 Å². The molecule has 0 aliphatic heterocycles. The first-order chi connectivity index (χ1) is 11.7. The van der Waals surface area contributed by atoms with Crippen LogP contribution in [0.2, 0.25) is 0 Å². The van der Waals surface area contributed by atoms with Gasteiger partial charge in [0.1, 0.15) is 11.5 Å². The van der Waals surface area contributed by atoms with Gasteiger partial charge < -0.3 is 19.0 Å². The van der Waals surface area contributed by atoms with Crippen LogP contribution in [0.15, 0.2) is 59.7 Å². The first-order valence-electron chi connectivity index (χ1n) is 7.95. The lowest BCUT2D eigenvalue weighted by Gasteiger charge is -2.24. The van der Waals surface area contributed by atoms with Crippen molar-refractivity contribution < 1.29 is 19.0 Å². The number of ether oxygens (including phenoxy) is 2. The second-order valence-corrected chi connectivity index (χ2v) is 5.58. The van der Waals surface area contributed by atoms with Gasteiger partial charge in [0, 0.05) is 13.1 Å². The van der Waals surface area contributed by atoms with E-state index in [9.17, 15) is 5.11 Å². The fourth-order valence-electron chi connectivity index (χ4n) is 2.44. The molecule has 0 radical (unpaired) electrons. The molecule has 0 unspecified atom stereocenters. The van der Waals surface area contributed by atoms with E-state index in [0.717, 1.165) is 17.1 Å². The fourth-order valence-corrected chi connectivity index (χ4v) is 2.44. The minimum absolute atomic E-state index is 0.281. The van der Waals surface area contributed by atoms with Crippen LogP contribution < -0.4 is 4.74 Å². The Labute approximate surface area is 143 Å². The van der Waals surface area contributed by atoms with E-state index in [4.69, 9.17) is 13.9 Å². The Morgan fingerprint density at radius 3 is 2.67 bits per heavy atom. The normalized spacial score (nSPS) is 12.3. The van der Waals surface area contributed by atoms with Gasteiger partial charge in [0.15, 0.2) is 0 Å². The minimum atomic E-state index is -0.571. The van der Waals surface area contributed by atoms with Crippen molar-refractivity contribution in [3.05, 3.63) is 66.6 Å². The zero-order valence-corrected chi connectivity index (χ0v) is 14.1. The van der Waals surface area contributed by atoms with E-state index < -0.39 is 6.10 Å². The molecule has 0 aliphatic rings. The number of hydrogen-bond acceptors (Lipinski definition) is 5. The van der Waals surface area contributed by atoms with E-state index >= 15 is 0 Å². The molecule has 1 heterocycles. The smallest absolute Gasteiger partial charge is 0.118 e. The Morgan fingerprint density at radius 1 is 1.25 bits per heavy atom. The highest BCUT2D eigenvalue weighted by Crippen LogP contribution is 2.15. The van der Waals surface area contributed by atoms with Crippen LogP contribution in [-0.2, 0) is 17.8 Å². The van der Waals surface area contributed by atoms with Crippen LogP contribution in [0.3, 0.4) is 0 Å². The third-order valence-corrected chi connectivity index (χ3v) is 3.54. The average molecular weight is 331 g/mol. The Morgan fingerprint density at radius 2 is 2.04 bits per heavy atom. The largest absolute Gasteiger partial charge is 0.497 e. The lowest BCUT2D eigenvalue weighted by atomic mass is 10.2.